The molecule has 2 aromatic rings. The van der Waals surface area contributed by atoms with Crippen molar-refractivity contribution in [2.24, 2.45) is 0 Å². The largest absolute Gasteiger partial charge is 0.380 e. The highest BCUT2D eigenvalue weighted by molar-refractivity contribution is 5.94. The molecule has 0 aliphatic carbocycles. The molecule has 0 bridgehead atoms. The van der Waals surface area contributed by atoms with E-state index in [4.69, 9.17) is 4.74 Å². The lowest BCUT2D eigenvalue weighted by Crippen LogP contribution is -2.46. The number of carbonyl (C=O) groups excluding carboxylic acids is 1. The van der Waals surface area contributed by atoms with E-state index >= 15 is 0 Å². The van der Waals surface area contributed by atoms with E-state index in [-0.39, 0.29) is 5.91 Å². The van der Waals surface area contributed by atoms with Gasteiger partial charge in [0.15, 0.2) is 0 Å². The fourth-order valence-electron chi connectivity index (χ4n) is 4.01. The van der Waals surface area contributed by atoms with Gasteiger partial charge < -0.3 is 14.7 Å². The molecule has 2 aromatic carbocycles. The maximum absolute atomic E-state index is 12.8. The van der Waals surface area contributed by atoms with Gasteiger partial charge in [0, 0.05) is 18.7 Å². The van der Waals surface area contributed by atoms with Gasteiger partial charge >= 0.3 is 0 Å². The molecule has 0 unspecified atom stereocenters. The fraction of sp³-hybridized carbons (Fsp3) is 0.409. The molecule has 0 spiro atoms. The lowest BCUT2D eigenvalue weighted by molar-refractivity contribution is -0.184. The van der Waals surface area contributed by atoms with Crippen LogP contribution in [-0.4, -0.2) is 42.2 Å². The Morgan fingerprint density at radius 1 is 1.08 bits per heavy atom. The van der Waals surface area contributed by atoms with E-state index in [1.165, 1.54) is 11.1 Å². The molecule has 0 radical (unpaired) electrons. The van der Waals surface area contributed by atoms with Gasteiger partial charge in [-0.05, 0) is 54.5 Å². The molecule has 0 atom stereocenters. The third-order valence-corrected chi connectivity index (χ3v) is 5.76. The Morgan fingerprint density at radius 3 is 2.31 bits per heavy atom. The number of amides is 1. The van der Waals surface area contributed by atoms with Gasteiger partial charge in [0.05, 0.1) is 13.2 Å². The summed E-state index contributed by atoms with van der Waals surface area (Å²) in [6.07, 6.45) is 2.01. The second kappa shape index (κ2) is 6.86. The van der Waals surface area contributed by atoms with Crippen LogP contribution >= 0.6 is 0 Å². The van der Waals surface area contributed by atoms with E-state index < -0.39 is 5.60 Å². The first-order valence-corrected chi connectivity index (χ1v) is 9.32. The normalized spacial score (nSPS) is 19.8. The molecule has 26 heavy (non-hydrogen) atoms. The van der Waals surface area contributed by atoms with Gasteiger partial charge in [0.2, 0.25) is 0 Å². The van der Waals surface area contributed by atoms with Crippen molar-refractivity contribution in [3.8, 4) is 0 Å². The lowest BCUT2D eigenvalue weighted by atomic mass is 9.86. The highest BCUT2D eigenvalue weighted by Gasteiger charge is 2.38. The molecular weight excluding hydrogens is 326 g/mol. The van der Waals surface area contributed by atoms with Crippen LogP contribution in [-0.2, 0) is 10.3 Å². The number of hydrogen-bond donors (Lipinski definition) is 1. The Morgan fingerprint density at radius 2 is 1.73 bits per heavy atom. The van der Waals surface area contributed by atoms with Crippen LogP contribution in [0, 0.1) is 6.92 Å². The Hall–Kier alpha value is -2.17. The Kier molecular flexibility index (Phi) is 4.55. The minimum atomic E-state index is -0.881. The van der Waals surface area contributed by atoms with E-state index in [9.17, 15) is 9.90 Å². The number of piperidine rings is 1. The Balaban J connectivity index is 1.40. The Bertz CT molecular complexity index is 787. The van der Waals surface area contributed by atoms with Gasteiger partial charge in [-0.1, -0.05) is 36.4 Å². The first kappa shape index (κ1) is 17.3. The fourth-order valence-corrected chi connectivity index (χ4v) is 4.01. The molecule has 0 saturated carbocycles. The number of carbonyl (C=O) groups is 1. The number of ether oxygens (including phenoxy) is 1. The SMILES string of the molecule is Cc1ccccc1C1CCN(C(=O)c2ccc(C3(O)COC3)cc2)CC1. The van der Waals surface area contributed by atoms with Gasteiger partial charge in [-0.25, -0.2) is 0 Å². The highest BCUT2D eigenvalue weighted by Crippen LogP contribution is 2.32. The van der Waals surface area contributed by atoms with Gasteiger partial charge in [-0.15, -0.1) is 0 Å². The van der Waals surface area contributed by atoms with Crippen LogP contribution in [0.2, 0.25) is 0 Å². The molecule has 2 saturated heterocycles. The van der Waals surface area contributed by atoms with Crippen LogP contribution in [0.4, 0.5) is 0 Å². The third kappa shape index (κ3) is 3.15. The van der Waals surface area contributed by atoms with Gasteiger partial charge in [0.25, 0.3) is 5.91 Å². The molecule has 136 valence electrons. The van der Waals surface area contributed by atoms with Crippen LogP contribution in [0.25, 0.3) is 0 Å². The van der Waals surface area contributed by atoms with E-state index in [0.29, 0.717) is 24.7 Å². The minimum absolute atomic E-state index is 0.0802. The molecule has 1 amide bonds. The van der Waals surface area contributed by atoms with Crippen molar-refractivity contribution in [1.29, 1.82) is 0 Å². The predicted molar refractivity (Wildman–Crippen MR) is 100 cm³/mol. The number of likely N-dealkylation sites (tertiary alicyclic amines) is 1. The summed E-state index contributed by atoms with van der Waals surface area (Å²) < 4.78 is 5.09. The molecule has 2 aliphatic heterocycles. The van der Waals surface area contributed by atoms with Crippen LogP contribution in [0.1, 0.15) is 45.8 Å². The van der Waals surface area contributed by atoms with Crippen molar-refractivity contribution in [3.05, 3.63) is 70.8 Å². The molecule has 4 heteroatoms. The van der Waals surface area contributed by atoms with Gasteiger partial charge in [-0.3, -0.25) is 4.79 Å². The summed E-state index contributed by atoms with van der Waals surface area (Å²) in [6.45, 7) is 4.39. The standard InChI is InChI=1S/C22H25NO3/c1-16-4-2-3-5-20(16)17-10-12-23(13-11-17)21(24)18-6-8-19(9-7-18)22(25)14-26-15-22/h2-9,17,25H,10-15H2,1H3. The number of benzene rings is 2. The molecule has 4 nitrogen and oxygen atoms in total. The summed E-state index contributed by atoms with van der Waals surface area (Å²) in [5.41, 5.74) is 3.38. The zero-order valence-electron chi connectivity index (χ0n) is 15.1. The van der Waals surface area contributed by atoms with Crippen molar-refractivity contribution >= 4 is 5.91 Å². The maximum atomic E-state index is 12.8. The molecule has 2 heterocycles. The summed E-state index contributed by atoms with van der Waals surface area (Å²) in [7, 11) is 0. The Labute approximate surface area is 154 Å². The average Bonchev–Trinajstić information content (AvgIpc) is 2.66. The van der Waals surface area contributed by atoms with E-state index in [2.05, 4.69) is 31.2 Å². The van der Waals surface area contributed by atoms with Crippen LogP contribution in [0.5, 0.6) is 0 Å². The molecular formula is C22H25NO3. The first-order valence-electron chi connectivity index (χ1n) is 9.32. The van der Waals surface area contributed by atoms with E-state index in [0.717, 1.165) is 31.5 Å². The maximum Gasteiger partial charge on any atom is 0.253 e. The summed E-state index contributed by atoms with van der Waals surface area (Å²) >= 11 is 0. The lowest BCUT2D eigenvalue weighted by Gasteiger charge is -2.37. The molecule has 2 aliphatic rings. The van der Waals surface area contributed by atoms with Crippen LogP contribution < -0.4 is 0 Å². The molecule has 2 fully saturated rings. The monoisotopic (exact) mass is 351 g/mol. The number of aliphatic hydroxyl groups is 1. The number of hydrogen-bond acceptors (Lipinski definition) is 3. The third-order valence-electron chi connectivity index (χ3n) is 5.76. The molecule has 0 aromatic heterocycles. The van der Waals surface area contributed by atoms with Crippen LogP contribution in [0.15, 0.2) is 48.5 Å². The summed E-state index contributed by atoms with van der Waals surface area (Å²) in [6, 6.07) is 15.9. The summed E-state index contributed by atoms with van der Waals surface area (Å²) in [5.74, 6) is 0.618. The predicted octanol–water partition coefficient (Wildman–Crippen LogP) is 3.23. The zero-order chi connectivity index (χ0) is 18.1. The topological polar surface area (TPSA) is 49.8 Å². The number of nitrogens with zero attached hydrogens (tertiary/aromatic N) is 1. The number of aryl methyl sites for hydroxylation is 1. The second-order valence-electron chi connectivity index (χ2n) is 7.52. The van der Waals surface area contributed by atoms with Gasteiger partial charge in [-0.2, -0.15) is 0 Å². The van der Waals surface area contributed by atoms with Crippen molar-refractivity contribution in [2.45, 2.75) is 31.3 Å². The van der Waals surface area contributed by atoms with Gasteiger partial charge in [0.1, 0.15) is 5.60 Å². The minimum Gasteiger partial charge on any atom is -0.380 e. The van der Waals surface area contributed by atoms with Crippen molar-refractivity contribution in [2.75, 3.05) is 26.3 Å². The van der Waals surface area contributed by atoms with E-state index in [1.807, 2.05) is 29.2 Å². The first-order chi connectivity index (χ1) is 12.6. The van der Waals surface area contributed by atoms with Crippen molar-refractivity contribution in [1.82, 2.24) is 4.90 Å². The molecule has 4 rings (SSSR count). The van der Waals surface area contributed by atoms with Crippen molar-refractivity contribution < 1.29 is 14.6 Å². The second-order valence-corrected chi connectivity index (χ2v) is 7.52. The van der Waals surface area contributed by atoms with Crippen molar-refractivity contribution in [3.63, 3.8) is 0 Å². The van der Waals surface area contributed by atoms with E-state index in [1.54, 1.807) is 0 Å². The molecule has 1 N–H and O–H groups in total. The summed E-state index contributed by atoms with van der Waals surface area (Å²) in [4.78, 5) is 14.7. The van der Waals surface area contributed by atoms with Crippen LogP contribution in [0.3, 0.4) is 0 Å². The average molecular weight is 351 g/mol. The zero-order valence-corrected chi connectivity index (χ0v) is 15.1. The quantitative estimate of drug-likeness (QED) is 0.924. The highest BCUT2D eigenvalue weighted by atomic mass is 16.5. The number of rotatable bonds is 3. The summed E-state index contributed by atoms with van der Waals surface area (Å²) in [5, 5.41) is 10.3. The smallest absolute Gasteiger partial charge is 0.253 e.